The van der Waals surface area contributed by atoms with E-state index >= 15 is 0 Å². The van der Waals surface area contributed by atoms with E-state index in [4.69, 9.17) is 18.6 Å². The van der Waals surface area contributed by atoms with Crippen molar-refractivity contribution in [1.29, 1.82) is 0 Å². The highest BCUT2D eigenvalue weighted by molar-refractivity contribution is 7.48. The standard InChI is InChI=1S/C25H27FN3O10P/c1-16(29(18-10-6-3-7-11-18)36-14-17-8-4-2-5-9-17)24(32)39-40(34,35)37-15-21-20(30)12-22(38-21)28-13-19(26)23(31)27-25(28)33/h2-11,13,16,20-22,30H,12,14-15H2,1H3,(H,34,35)(H,27,31,33)/t16-,20-,21+,22+/m0/s1. The number of hydroxylamine groups is 1. The summed E-state index contributed by atoms with van der Waals surface area (Å²) >= 11 is 0. The topological polar surface area (TPSA) is 170 Å². The van der Waals surface area contributed by atoms with Crippen LogP contribution in [0, 0.1) is 5.82 Å². The van der Waals surface area contributed by atoms with Gasteiger partial charge in [0.2, 0.25) is 5.82 Å². The van der Waals surface area contributed by atoms with Crippen molar-refractivity contribution >= 4 is 19.5 Å². The van der Waals surface area contributed by atoms with Gasteiger partial charge in [-0.25, -0.2) is 19.2 Å². The summed E-state index contributed by atoms with van der Waals surface area (Å²) in [6.45, 7) is 0.803. The minimum atomic E-state index is -5.00. The zero-order chi connectivity index (χ0) is 28.9. The predicted octanol–water partition coefficient (Wildman–Crippen LogP) is 2.01. The van der Waals surface area contributed by atoms with E-state index in [1.165, 1.54) is 12.0 Å². The number of halogens is 1. The summed E-state index contributed by atoms with van der Waals surface area (Å²) in [6, 6.07) is 16.5. The lowest BCUT2D eigenvalue weighted by Crippen LogP contribution is -2.40. The van der Waals surface area contributed by atoms with Gasteiger partial charge >= 0.3 is 19.5 Å². The number of nitrogens with zero attached hydrogens (tertiary/aromatic N) is 2. The number of hydrogen-bond donors (Lipinski definition) is 3. The molecule has 214 valence electrons. The molecular weight excluding hydrogens is 552 g/mol. The van der Waals surface area contributed by atoms with Gasteiger partial charge in [0.25, 0.3) is 5.56 Å². The average molecular weight is 579 g/mol. The van der Waals surface area contributed by atoms with Gasteiger partial charge in [0.05, 0.1) is 31.2 Å². The largest absolute Gasteiger partial charge is 0.529 e. The predicted molar refractivity (Wildman–Crippen MR) is 137 cm³/mol. The van der Waals surface area contributed by atoms with Gasteiger partial charge in [0.15, 0.2) is 6.04 Å². The summed E-state index contributed by atoms with van der Waals surface area (Å²) in [4.78, 5) is 53.8. The maximum Gasteiger partial charge on any atom is 0.529 e. The Hall–Kier alpha value is -3.65. The Labute approximate surface area is 226 Å². The van der Waals surface area contributed by atoms with Crippen LogP contribution < -0.4 is 16.3 Å². The van der Waals surface area contributed by atoms with Gasteiger partial charge in [-0.05, 0) is 24.6 Å². The molecule has 15 heteroatoms. The van der Waals surface area contributed by atoms with Gasteiger partial charge in [0, 0.05) is 6.42 Å². The van der Waals surface area contributed by atoms with Gasteiger partial charge in [-0.3, -0.25) is 28.6 Å². The number of benzene rings is 2. The number of aliphatic hydroxyl groups is 1. The number of aromatic nitrogens is 2. The molecule has 2 aromatic carbocycles. The number of hydrogen-bond acceptors (Lipinski definition) is 10. The molecule has 0 amide bonds. The Bertz CT molecular complexity index is 1470. The smallest absolute Gasteiger partial charge is 0.390 e. The summed E-state index contributed by atoms with van der Waals surface area (Å²) in [6.07, 6.45) is -3.30. The fourth-order valence-corrected chi connectivity index (χ4v) is 4.66. The molecule has 1 aromatic heterocycles. The van der Waals surface area contributed by atoms with E-state index in [-0.39, 0.29) is 13.0 Å². The molecule has 3 N–H and O–H groups in total. The van der Waals surface area contributed by atoms with E-state index in [0.29, 0.717) is 11.9 Å². The molecule has 13 nitrogen and oxygen atoms in total. The third kappa shape index (κ3) is 7.30. The molecule has 0 radical (unpaired) electrons. The van der Waals surface area contributed by atoms with E-state index in [2.05, 4.69) is 0 Å². The van der Waals surface area contributed by atoms with Crippen LogP contribution in [0.15, 0.2) is 76.4 Å². The molecule has 1 fully saturated rings. The summed E-state index contributed by atoms with van der Waals surface area (Å²) in [5, 5.41) is 11.5. The number of rotatable bonds is 11. The molecule has 5 atom stereocenters. The summed E-state index contributed by atoms with van der Waals surface area (Å²) in [7, 11) is -5.00. The number of carbonyl (C=O) groups excluding carboxylic acids is 1. The first kappa shape index (κ1) is 29.3. The number of H-pyrrole nitrogens is 1. The van der Waals surface area contributed by atoms with Crippen molar-refractivity contribution < 1.29 is 42.4 Å². The molecule has 40 heavy (non-hydrogen) atoms. The Morgan fingerprint density at radius 3 is 2.52 bits per heavy atom. The van der Waals surface area contributed by atoms with E-state index in [1.54, 1.807) is 35.3 Å². The molecule has 0 bridgehead atoms. The molecule has 1 saturated heterocycles. The SMILES string of the molecule is C[C@@H](C(=O)OP(=O)(O)OC[C@H]1O[C@@H](n2cc(F)c(=O)[nH]c2=O)C[C@@H]1O)N(OCc1ccccc1)c1ccccc1. The molecule has 2 heterocycles. The van der Waals surface area contributed by atoms with E-state index in [1.807, 2.05) is 30.3 Å². The van der Waals surface area contributed by atoms with Crippen LogP contribution in [0.3, 0.4) is 0 Å². The number of phosphoric acid groups is 1. The second-order valence-electron chi connectivity index (χ2n) is 8.85. The first-order valence-electron chi connectivity index (χ1n) is 12.1. The van der Waals surface area contributed by atoms with Crippen molar-refractivity contribution in [3.05, 3.63) is 99.1 Å². The minimum Gasteiger partial charge on any atom is -0.390 e. The lowest BCUT2D eigenvalue weighted by molar-refractivity contribution is -0.140. The van der Waals surface area contributed by atoms with Crippen molar-refractivity contribution in [3.63, 3.8) is 0 Å². The number of nitrogens with one attached hydrogen (secondary N) is 1. The molecule has 0 saturated carbocycles. The Kier molecular flexibility index (Phi) is 9.30. The summed E-state index contributed by atoms with van der Waals surface area (Å²) in [5.74, 6) is -2.38. The number of carbonyl (C=O) groups is 1. The number of aliphatic hydroxyl groups excluding tert-OH is 1. The van der Waals surface area contributed by atoms with Crippen LogP contribution in [0.1, 0.15) is 25.1 Å². The molecule has 1 aliphatic heterocycles. The number of anilines is 1. The maximum absolute atomic E-state index is 13.6. The molecule has 4 rings (SSSR count). The number of aromatic amines is 1. The van der Waals surface area contributed by atoms with Crippen LogP contribution in [0.4, 0.5) is 10.1 Å². The molecule has 0 aliphatic carbocycles. The monoisotopic (exact) mass is 579 g/mol. The number of phosphoric ester groups is 1. The first-order chi connectivity index (χ1) is 19.0. The van der Waals surface area contributed by atoms with Crippen molar-refractivity contribution in [2.75, 3.05) is 11.7 Å². The van der Waals surface area contributed by atoms with Crippen molar-refractivity contribution in [2.24, 2.45) is 0 Å². The van der Waals surface area contributed by atoms with Crippen LogP contribution >= 0.6 is 7.82 Å². The van der Waals surface area contributed by atoms with E-state index < -0.39 is 61.9 Å². The zero-order valence-electron chi connectivity index (χ0n) is 21.2. The van der Waals surface area contributed by atoms with Crippen LogP contribution in [0.25, 0.3) is 0 Å². The summed E-state index contributed by atoms with van der Waals surface area (Å²) in [5.41, 5.74) is -0.883. The second-order valence-corrected chi connectivity index (χ2v) is 10.2. The summed E-state index contributed by atoms with van der Waals surface area (Å²) < 4.78 is 42.0. The Morgan fingerprint density at radius 2 is 1.85 bits per heavy atom. The molecular formula is C25H27FN3O10P. The lowest BCUT2D eigenvalue weighted by atomic mass is 10.2. The third-order valence-corrected chi connectivity index (χ3v) is 6.85. The van der Waals surface area contributed by atoms with Gasteiger partial charge in [-0.2, -0.15) is 4.39 Å². The Balaban J connectivity index is 1.37. The highest BCUT2D eigenvalue weighted by atomic mass is 31.2. The Morgan fingerprint density at radius 1 is 1.20 bits per heavy atom. The van der Waals surface area contributed by atoms with Gasteiger partial charge in [-0.15, -0.1) is 0 Å². The van der Waals surface area contributed by atoms with E-state index in [0.717, 1.165) is 10.1 Å². The lowest BCUT2D eigenvalue weighted by Gasteiger charge is -2.29. The first-order valence-corrected chi connectivity index (χ1v) is 13.6. The minimum absolute atomic E-state index is 0.0982. The normalized spacial score (nSPS) is 20.9. The molecule has 3 aromatic rings. The van der Waals surface area contributed by atoms with Gasteiger partial charge in [0.1, 0.15) is 12.3 Å². The number of ether oxygens (including phenoxy) is 1. The third-order valence-electron chi connectivity index (χ3n) is 5.96. The van der Waals surface area contributed by atoms with E-state index in [9.17, 15) is 33.3 Å². The van der Waals surface area contributed by atoms with Crippen LogP contribution in [0.5, 0.6) is 0 Å². The molecule has 1 unspecified atom stereocenters. The van der Waals surface area contributed by atoms with Crippen LogP contribution in [0.2, 0.25) is 0 Å². The average Bonchev–Trinajstić information content (AvgIpc) is 3.30. The fraction of sp³-hybridized carbons (Fsp3) is 0.320. The van der Waals surface area contributed by atoms with Crippen LogP contribution in [-0.4, -0.2) is 50.4 Å². The highest BCUT2D eigenvalue weighted by Gasteiger charge is 2.39. The van der Waals surface area contributed by atoms with Gasteiger partial charge < -0.3 is 14.4 Å². The molecule has 1 aliphatic rings. The number of para-hydroxylation sites is 1. The van der Waals surface area contributed by atoms with Crippen molar-refractivity contribution in [3.8, 4) is 0 Å². The fourth-order valence-electron chi connectivity index (χ4n) is 3.89. The maximum atomic E-state index is 13.6. The van der Waals surface area contributed by atoms with Gasteiger partial charge in [-0.1, -0.05) is 48.5 Å². The highest BCUT2D eigenvalue weighted by Crippen LogP contribution is 2.45. The quantitative estimate of drug-likeness (QED) is 0.224. The zero-order valence-corrected chi connectivity index (χ0v) is 22.1. The second kappa shape index (κ2) is 12.7. The molecule has 0 spiro atoms. The van der Waals surface area contributed by atoms with Crippen molar-refractivity contribution in [1.82, 2.24) is 9.55 Å². The van der Waals surface area contributed by atoms with Crippen LogP contribution in [-0.2, 0) is 34.6 Å². The van der Waals surface area contributed by atoms with Crippen molar-refractivity contribution in [2.45, 2.75) is 44.4 Å².